The average Bonchev–Trinajstić information content (AvgIpc) is 3.26. The molecule has 0 spiro atoms. The predicted molar refractivity (Wildman–Crippen MR) is 105 cm³/mol. The third-order valence-electron chi connectivity index (χ3n) is 5.30. The van der Waals surface area contributed by atoms with Crippen LogP contribution in [0, 0.1) is 0 Å². The minimum absolute atomic E-state index is 0. The average molecular weight is 377 g/mol. The number of carbonyl (C=O) groups is 1. The van der Waals surface area contributed by atoms with Crippen LogP contribution in [0.3, 0.4) is 0 Å². The van der Waals surface area contributed by atoms with Crippen molar-refractivity contribution in [2.45, 2.75) is 38.1 Å². The standard InChI is InChI=1S/C19H24N4O2.ClH/c24-18(21-12-13-7-9-20-10-8-13)14-5-6-17-16(11-14)22-19(25)23(17)15-3-1-2-4-15;/h5-7,11,15,20H,1-4,8-10,12H2,(H,21,24)(H,22,25);1H. The number of aromatic amines is 1. The van der Waals surface area contributed by atoms with Gasteiger partial charge in [0.05, 0.1) is 11.0 Å². The quantitative estimate of drug-likeness (QED) is 0.717. The van der Waals surface area contributed by atoms with Gasteiger partial charge < -0.3 is 15.6 Å². The third kappa shape index (κ3) is 3.71. The number of amides is 1. The van der Waals surface area contributed by atoms with E-state index in [9.17, 15) is 9.59 Å². The smallest absolute Gasteiger partial charge is 0.326 e. The highest BCUT2D eigenvalue weighted by Crippen LogP contribution is 2.30. The summed E-state index contributed by atoms with van der Waals surface area (Å²) in [6.07, 6.45) is 7.56. The number of nitrogens with zero attached hydrogens (tertiary/aromatic N) is 1. The molecule has 140 valence electrons. The van der Waals surface area contributed by atoms with Gasteiger partial charge in [-0.1, -0.05) is 24.5 Å². The van der Waals surface area contributed by atoms with E-state index in [1.165, 1.54) is 18.4 Å². The van der Waals surface area contributed by atoms with E-state index in [1.54, 1.807) is 6.07 Å². The van der Waals surface area contributed by atoms with Crippen LogP contribution >= 0.6 is 12.4 Å². The number of hydrogen-bond donors (Lipinski definition) is 3. The molecule has 26 heavy (non-hydrogen) atoms. The molecule has 1 saturated carbocycles. The highest BCUT2D eigenvalue weighted by atomic mass is 35.5. The number of rotatable bonds is 4. The number of hydrogen-bond acceptors (Lipinski definition) is 3. The molecule has 1 amide bonds. The van der Waals surface area contributed by atoms with Gasteiger partial charge in [0.15, 0.2) is 0 Å². The maximum atomic E-state index is 12.4. The Bertz CT molecular complexity index is 877. The van der Waals surface area contributed by atoms with Gasteiger partial charge >= 0.3 is 5.69 Å². The number of H-pyrrole nitrogens is 1. The molecule has 0 radical (unpaired) electrons. The number of imidazole rings is 1. The molecule has 2 aromatic rings. The first kappa shape index (κ1) is 18.7. The van der Waals surface area contributed by atoms with Crippen molar-refractivity contribution in [2.75, 3.05) is 19.6 Å². The van der Waals surface area contributed by atoms with Crippen LogP contribution in [-0.4, -0.2) is 35.1 Å². The summed E-state index contributed by atoms with van der Waals surface area (Å²) in [7, 11) is 0. The van der Waals surface area contributed by atoms with E-state index in [0.717, 1.165) is 43.4 Å². The zero-order valence-corrected chi connectivity index (χ0v) is 15.5. The molecular formula is C19H25ClN4O2. The second-order valence-corrected chi connectivity index (χ2v) is 6.97. The highest BCUT2D eigenvalue weighted by molar-refractivity contribution is 5.97. The number of carbonyl (C=O) groups excluding carboxylic acids is 1. The first-order chi connectivity index (χ1) is 12.2. The maximum Gasteiger partial charge on any atom is 0.326 e. The van der Waals surface area contributed by atoms with Crippen molar-refractivity contribution in [1.82, 2.24) is 20.2 Å². The molecule has 1 aromatic carbocycles. The molecule has 2 heterocycles. The molecule has 3 N–H and O–H groups in total. The molecule has 7 heteroatoms. The molecule has 1 aliphatic carbocycles. The molecule has 1 aliphatic heterocycles. The van der Waals surface area contributed by atoms with Gasteiger partial charge in [0.1, 0.15) is 0 Å². The van der Waals surface area contributed by atoms with Crippen LogP contribution < -0.4 is 16.3 Å². The molecule has 4 rings (SSSR count). The number of aromatic nitrogens is 2. The molecule has 0 saturated heterocycles. The molecule has 0 atom stereocenters. The van der Waals surface area contributed by atoms with Crippen molar-refractivity contribution in [2.24, 2.45) is 0 Å². The van der Waals surface area contributed by atoms with Gasteiger partial charge in [-0.15, -0.1) is 12.4 Å². The highest BCUT2D eigenvalue weighted by Gasteiger charge is 2.21. The zero-order valence-electron chi connectivity index (χ0n) is 14.7. The molecule has 6 nitrogen and oxygen atoms in total. The van der Waals surface area contributed by atoms with Crippen LogP contribution in [0.5, 0.6) is 0 Å². The summed E-state index contributed by atoms with van der Waals surface area (Å²) in [5.74, 6) is -0.101. The van der Waals surface area contributed by atoms with Crippen molar-refractivity contribution >= 4 is 29.3 Å². The first-order valence-corrected chi connectivity index (χ1v) is 9.13. The van der Waals surface area contributed by atoms with Crippen LogP contribution in [0.15, 0.2) is 34.6 Å². The third-order valence-corrected chi connectivity index (χ3v) is 5.30. The number of fused-ring (bicyclic) bond motifs is 1. The van der Waals surface area contributed by atoms with Gasteiger partial charge in [-0.2, -0.15) is 0 Å². The van der Waals surface area contributed by atoms with Gasteiger partial charge in [-0.05, 0) is 44.0 Å². The molecule has 2 aliphatic rings. The number of benzene rings is 1. The summed E-state index contributed by atoms with van der Waals surface area (Å²) in [6.45, 7) is 2.41. The van der Waals surface area contributed by atoms with Gasteiger partial charge in [0, 0.05) is 24.7 Å². The van der Waals surface area contributed by atoms with Crippen molar-refractivity contribution in [3.63, 3.8) is 0 Å². The first-order valence-electron chi connectivity index (χ1n) is 9.13. The Morgan fingerprint density at radius 1 is 1.27 bits per heavy atom. The Kier molecular flexibility index (Phi) is 5.84. The van der Waals surface area contributed by atoms with Gasteiger partial charge in [-0.25, -0.2) is 4.79 Å². The fourth-order valence-electron chi connectivity index (χ4n) is 3.92. The summed E-state index contributed by atoms with van der Waals surface area (Å²) in [4.78, 5) is 27.7. The van der Waals surface area contributed by atoms with Crippen molar-refractivity contribution < 1.29 is 4.79 Å². The van der Waals surface area contributed by atoms with Gasteiger partial charge in [0.2, 0.25) is 0 Å². The van der Waals surface area contributed by atoms with E-state index in [4.69, 9.17) is 0 Å². The van der Waals surface area contributed by atoms with Crippen molar-refractivity contribution in [3.8, 4) is 0 Å². The molecule has 0 unspecified atom stereocenters. The Morgan fingerprint density at radius 3 is 2.81 bits per heavy atom. The zero-order chi connectivity index (χ0) is 17.2. The van der Waals surface area contributed by atoms with E-state index in [1.807, 2.05) is 16.7 Å². The summed E-state index contributed by atoms with van der Waals surface area (Å²) in [5, 5.41) is 6.24. The van der Waals surface area contributed by atoms with E-state index in [0.29, 0.717) is 12.1 Å². The van der Waals surface area contributed by atoms with Crippen LogP contribution in [0.1, 0.15) is 48.5 Å². The normalized spacial score (nSPS) is 17.8. The maximum absolute atomic E-state index is 12.4. The molecule has 1 fully saturated rings. The monoisotopic (exact) mass is 376 g/mol. The second kappa shape index (κ2) is 8.10. The van der Waals surface area contributed by atoms with Crippen molar-refractivity contribution in [3.05, 3.63) is 45.9 Å². The molecule has 1 aromatic heterocycles. The van der Waals surface area contributed by atoms with Crippen LogP contribution in [0.25, 0.3) is 11.0 Å². The fraction of sp³-hybridized carbons (Fsp3) is 0.474. The lowest BCUT2D eigenvalue weighted by Gasteiger charge is -2.14. The summed E-state index contributed by atoms with van der Waals surface area (Å²) >= 11 is 0. The molecular weight excluding hydrogens is 352 g/mol. The van der Waals surface area contributed by atoms with Crippen molar-refractivity contribution in [1.29, 1.82) is 0 Å². The fourth-order valence-corrected chi connectivity index (χ4v) is 3.92. The number of nitrogens with one attached hydrogen (secondary N) is 3. The molecule has 0 bridgehead atoms. The summed E-state index contributed by atoms with van der Waals surface area (Å²) in [6, 6.07) is 5.78. The van der Waals surface area contributed by atoms with Crippen LogP contribution in [-0.2, 0) is 0 Å². The van der Waals surface area contributed by atoms with E-state index in [-0.39, 0.29) is 30.0 Å². The topological polar surface area (TPSA) is 78.9 Å². The number of halogens is 1. The lowest BCUT2D eigenvalue weighted by atomic mass is 10.1. The minimum Gasteiger partial charge on any atom is -0.348 e. The Labute approximate surface area is 158 Å². The second-order valence-electron chi connectivity index (χ2n) is 6.97. The SMILES string of the molecule is Cl.O=C(NCC1=CCNCC1)c1ccc2c(c1)[nH]c(=O)n2C1CCCC1. The van der Waals surface area contributed by atoms with Crippen LogP contribution in [0.2, 0.25) is 0 Å². The van der Waals surface area contributed by atoms with Gasteiger partial charge in [-0.3, -0.25) is 9.36 Å². The van der Waals surface area contributed by atoms with Crippen LogP contribution in [0.4, 0.5) is 0 Å². The van der Waals surface area contributed by atoms with E-state index >= 15 is 0 Å². The summed E-state index contributed by atoms with van der Waals surface area (Å²) < 4.78 is 1.86. The predicted octanol–water partition coefficient (Wildman–Crippen LogP) is 2.52. The minimum atomic E-state index is -0.101. The Hall–Kier alpha value is -2.05. The summed E-state index contributed by atoms with van der Waals surface area (Å²) in [5.41, 5.74) is 3.41. The Morgan fingerprint density at radius 2 is 2.08 bits per heavy atom. The van der Waals surface area contributed by atoms with E-state index < -0.39 is 0 Å². The van der Waals surface area contributed by atoms with E-state index in [2.05, 4.69) is 21.7 Å². The Balaban J connectivity index is 0.00000196. The van der Waals surface area contributed by atoms with Gasteiger partial charge in [0.25, 0.3) is 5.91 Å². The lowest BCUT2D eigenvalue weighted by Crippen LogP contribution is -2.29. The largest absolute Gasteiger partial charge is 0.348 e. The lowest BCUT2D eigenvalue weighted by molar-refractivity contribution is 0.0956.